The van der Waals surface area contributed by atoms with Gasteiger partial charge in [0.15, 0.2) is 0 Å². The Kier molecular flexibility index (Phi) is 6.19. The fraction of sp³-hybridized carbons (Fsp3) is 0.533. The quantitative estimate of drug-likeness (QED) is 0.824. The monoisotopic (exact) mass is 265 g/mol. The smallest absolute Gasteiger partial charge is 0.223 e. The normalized spacial score (nSPS) is 11.8. The van der Waals surface area contributed by atoms with E-state index in [1.807, 2.05) is 25.1 Å². The third kappa shape index (κ3) is 4.47. The van der Waals surface area contributed by atoms with Crippen LogP contribution < -0.4 is 14.8 Å². The van der Waals surface area contributed by atoms with Crippen molar-refractivity contribution < 1.29 is 14.3 Å². The van der Waals surface area contributed by atoms with Gasteiger partial charge in [0, 0.05) is 24.1 Å². The molecule has 1 N–H and O–H groups in total. The lowest BCUT2D eigenvalue weighted by atomic mass is 10.1. The second-order valence-corrected chi connectivity index (χ2v) is 4.59. The minimum atomic E-state index is 0.0502. The van der Waals surface area contributed by atoms with E-state index < -0.39 is 0 Å². The first-order valence-corrected chi connectivity index (χ1v) is 6.61. The van der Waals surface area contributed by atoms with Gasteiger partial charge in [-0.1, -0.05) is 20.3 Å². The summed E-state index contributed by atoms with van der Waals surface area (Å²) in [7, 11) is 3.22. The molecule has 0 aromatic heterocycles. The Labute approximate surface area is 115 Å². The Morgan fingerprint density at radius 1 is 1.32 bits per heavy atom. The predicted molar refractivity (Wildman–Crippen MR) is 75.5 cm³/mol. The first-order chi connectivity index (χ1) is 9.12. The maximum Gasteiger partial charge on any atom is 0.223 e. The Balaban J connectivity index is 2.64. The fourth-order valence-corrected chi connectivity index (χ4v) is 1.92. The van der Waals surface area contributed by atoms with E-state index in [2.05, 4.69) is 12.2 Å². The lowest BCUT2D eigenvalue weighted by molar-refractivity contribution is -0.124. The lowest BCUT2D eigenvalue weighted by Crippen LogP contribution is -2.28. The predicted octanol–water partition coefficient (Wildman–Crippen LogP) is 2.76. The molecule has 1 unspecified atom stereocenters. The van der Waals surface area contributed by atoms with E-state index in [1.165, 1.54) is 0 Å². The number of methoxy groups -OCH3 is 2. The summed E-state index contributed by atoms with van der Waals surface area (Å²) in [6.45, 7) is 4.50. The number of nitrogens with one attached hydrogen (secondary N) is 1. The van der Waals surface area contributed by atoms with Crippen molar-refractivity contribution in [1.82, 2.24) is 5.32 Å². The standard InChI is InChI=1S/C15H23NO3/c1-5-6-11(2)15(17)16-10-12-7-8-13(18-3)9-14(12)19-4/h7-9,11H,5-6,10H2,1-4H3,(H,16,17). The van der Waals surface area contributed by atoms with Crippen molar-refractivity contribution in [3.05, 3.63) is 23.8 Å². The van der Waals surface area contributed by atoms with Crippen molar-refractivity contribution in [3.63, 3.8) is 0 Å². The number of hydrogen-bond donors (Lipinski definition) is 1. The van der Waals surface area contributed by atoms with Gasteiger partial charge in [-0.3, -0.25) is 4.79 Å². The highest BCUT2D eigenvalue weighted by molar-refractivity contribution is 5.78. The lowest BCUT2D eigenvalue weighted by Gasteiger charge is -2.13. The Morgan fingerprint density at radius 2 is 2.05 bits per heavy atom. The van der Waals surface area contributed by atoms with Gasteiger partial charge in [0.2, 0.25) is 5.91 Å². The Hall–Kier alpha value is -1.71. The topological polar surface area (TPSA) is 47.6 Å². The Bertz CT molecular complexity index is 418. The fourth-order valence-electron chi connectivity index (χ4n) is 1.92. The van der Waals surface area contributed by atoms with Gasteiger partial charge in [-0.05, 0) is 18.6 Å². The molecule has 1 amide bonds. The second-order valence-electron chi connectivity index (χ2n) is 4.59. The summed E-state index contributed by atoms with van der Waals surface area (Å²) in [5.41, 5.74) is 0.945. The van der Waals surface area contributed by atoms with Crippen LogP contribution in [0, 0.1) is 5.92 Å². The minimum Gasteiger partial charge on any atom is -0.497 e. The van der Waals surface area contributed by atoms with E-state index in [-0.39, 0.29) is 11.8 Å². The summed E-state index contributed by atoms with van der Waals surface area (Å²) in [6.07, 6.45) is 1.92. The van der Waals surface area contributed by atoms with Crippen LogP contribution in [-0.4, -0.2) is 20.1 Å². The molecule has 1 rings (SSSR count). The molecule has 0 saturated carbocycles. The van der Waals surface area contributed by atoms with Crippen molar-refractivity contribution in [3.8, 4) is 11.5 Å². The third-order valence-corrected chi connectivity index (χ3v) is 3.12. The highest BCUT2D eigenvalue weighted by Gasteiger charge is 2.12. The number of hydrogen-bond acceptors (Lipinski definition) is 3. The van der Waals surface area contributed by atoms with Crippen LogP contribution >= 0.6 is 0 Å². The molecule has 19 heavy (non-hydrogen) atoms. The van der Waals surface area contributed by atoms with Crippen LogP contribution in [-0.2, 0) is 11.3 Å². The Morgan fingerprint density at radius 3 is 2.63 bits per heavy atom. The summed E-state index contributed by atoms with van der Waals surface area (Å²) in [5.74, 6) is 1.60. The minimum absolute atomic E-state index is 0.0502. The second kappa shape index (κ2) is 7.67. The number of carbonyl (C=O) groups is 1. The number of rotatable bonds is 7. The summed E-state index contributed by atoms with van der Waals surface area (Å²) in [6, 6.07) is 5.58. The van der Waals surface area contributed by atoms with E-state index in [1.54, 1.807) is 14.2 Å². The van der Waals surface area contributed by atoms with Gasteiger partial charge in [0.05, 0.1) is 14.2 Å². The van der Waals surface area contributed by atoms with Crippen LogP contribution in [0.4, 0.5) is 0 Å². The molecule has 0 radical (unpaired) electrons. The molecule has 0 aliphatic heterocycles. The van der Waals surface area contributed by atoms with Crippen molar-refractivity contribution in [1.29, 1.82) is 0 Å². The molecule has 1 aromatic carbocycles. The maximum absolute atomic E-state index is 11.9. The highest BCUT2D eigenvalue weighted by atomic mass is 16.5. The summed E-state index contributed by atoms with van der Waals surface area (Å²) < 4.78 is 10.4. The molecular formula is C15H23NO3. The molecule has 0 aliphatic rings. The zero-order valence-electron chi connectivity index (χ0n) is 12.2. The van der Waals surface area contributed by atoms with Gasteiger partial charge in [0.25, 0.3) is 0 Å². The molecule has 0 saturated heterocycles. The van der Waals surface area contributed by atoms with Crippen LogP contribution in [0.5, 0.6) is 11.5 Å². The molecule has 0 heterocycles. The van der Waals surface area contributed by atoms with Gasteiger partial charge in [-0.2, -0.15) is 0 Å². The van der Waals surface area contributed by atoms with Crippen LogP contribution in [0.1, 0.15) is 32.3 Å². The zero-order valence-corrected chi connectivity index (χ0v) is 12.2. The maximum atomic E-state index is 11.9. The first kappa shape index (κ1) is 15.3. The average molecular weight is 265 g/mol. The van der Waals surface area contributed by atoms with Gasteiger partial charge < -0.3 is 14.8 Å². The summed E-state index contributed by atoms with van der Waals surface area (Å²) in [5, 5.41) is 2.94. The van der Waals surface area contributed by atoms with Crippen molar-refractivity contribution in [2.45, 2.75) is 33.2 Å². The van der Waals surface area contributed by atoms with Gasteiger partial charge in [-0.15, -0.1) is 0 Å². The van der Waals surface area contributed by atoms with E-state index in [0.29, 0.717) is 6.54 Å². The molecule has 0 spiro atoms. The molecule has 4 nitrogen and oxygen atoms in total. The van der Waals surface area contributed by atoms with Gasteiger partial charge >= 0.3 is 0 Å². The van der Waals surface area contributed by atoms with E-state index in [4.69, 9.17) is 9.47 Å². The molecule has 1 aromatic rings. The SMILES string of the molecule is CCCC(C)C(=O)NCc1ccc(OC)cc1OC. The number of benzene rings is 1. The molecule has 0 fully saturated rings. The number of ether oxygens (including phenoxy) is 2. The number of carbonyl (C=O) groups excluding carboxylic acids is 1. The summed E-state index contributed by atoms with van der Waals surface area (Å²) in [4.78, 5) is 11.9. The molecular weight excluding hydrogens is 242 g/mol. The molecule has 4 heteroatoms. The van der Waals surface area contributed by atoms with Gasteiger partial charge in [0.1, 0.15) is 11.5 Å². The average Bonchev–Trinajstić information content (AvgIpc) is 2.44. The van der Waals surface area contributed by atoms with Gasteiger partial charge in [-0.25, -0.2) is 0 Å². The first-order valence-electron chi connectivity index (χ1n) is 6.61. The molecule has 0 bridgehead atoms. The van der Waals surface area contributed by atoms with Crippen molar-refractivity contribution in [2.75, 3.05) is 14.2 Å². The van der Waals surface area contributed by atoms with Crippen LogP contribution in [0.25, 0.3) is 0 Å². The molecule has 106 valence electrons. The van der Waals surface area contributed by atoms with Crippen LogP contribution in [0.2, 0.25) is 0 Å². The van der Waals surface area contributed by atoms with E-state index >= 15 is 0 Å². The third-order valence-electron chi connectivity index (χ3n) is 3.12. The van der Waals surface area contributed by atoms with Crippen LogP contribution in [0.3, 0.4) is 0 Å². The number of amides is 1. The highest BCUT2D eigenvalue weighted by Crippen LogP contribution is 2.24. The zero-order chi connectivity index (χ0) is 14.3. The molecule has 1 atom stereocenters. The van der Waals surface area contributed by atoms with E-state index in [0.717, 1.165) is 29.9 Å². The summed E-state index contributed by atoms with van der Waals surface area (Å²) >= 11 is 0. The van der Waals surface area contributed by atoms with E-state index in [9.17, 15) is 4.79 Å². The largest absolute Gasteiger partial charge is 0.497 e. The molecule has 0 aliphatic carbocycles. The van der Waals surface area contributed by atoms with Crippen LogP contribution in [0.15, 0.2) is 18.2 Å². The van der Waals surface area contributed by atoms with Crippen molar-refractivity contribution in [2.24, 2.45) is 5.92 Å². The van der Waals surface area contributed by atoms with Crippen molar-refractivity contribution >= 4 is 5.91 Å².